The number of benzene rings is 1. The van der Waals surface area contributed by atoms with Crippen molar-refractivity contribution >= 4 is 0 Å². The minimum atomic E-state index is -0.593. The molecule has 2 nitrogen and oxygen atoms in total. The van der Waals surface area contributed by atoms with Crippen molar-refractivity contribution < 1.29 is 5.11 Å². The molecule has 2 aromatic rings. The van der Waals surface area contributed by atoms with Crippen LogP contribution in [0, 0.1) is 20.8 Å². The third-order valence-corrected chi connectivity index (χ3v) is 3.01. The van der Waals surface area contributed by atoms with E-state index in [4.69, 9.17) is 0 Å². The third kappa shape index (κ3) is 2.37. The van der Waals surface area contributed by atoms with E-state index in [0.29, 0.717) is 0 Å². The monoisotopic (exact) mass is 227 g/mol. The van der Waals surface area contributed by atoms with Crippen molar-refractivity contribution in [3.63, 3.8) is 0 Å². The highest BCUT2D eigenvalue weighted by molar-refractivity contribution is 5.42. The molecular weight excluding hydrogens is 210 g/mol. The molecule has 0 aliphatic heterocycles. The quantitative estimate of drug-likeness (QED) is 0.855. The fourth-order valence-corrected chi connectivity index (χ4v) is 2.33. The summed E-state index contributed by atoms with van der Waals surface area (Å²) in [5.41, 5.74) is 5.30. The topological polar surface area (TPSA) is 33.1 Å². The Kier molecular flexibility index (Phi) is 3.25. The molecule has 1 heterocycles. The highest BCUT2D eigenvalue weighted by atomic mass is 16.3. The van der Waals surface area contributed by atoms with E-state index in [1.807, 2.05) is 26.0 Å². The Morgan fingerprint density at radius 1 is 1.12 bits per heavy atom. The number of aliphatic hydroxyl groups is 1. The van der Waals surface area contributed by atoms with Crippen molar-refractivity contribution in [2.24, 2.45) is 0 Å². The van der Waals surface area contributed by atoms with Crippen LogP contribution < -0.4 is 0 Å². The molecule has 88 valence electrons. The predicted octanol–water partition coefficient (Wildman–Crippen LogP) is 3.09. The van der Waals surface area contributed by atoms with Gasteiger partial charge in [0.1, 0.15) is 6.10 Å². The van der Waals surface area contributed by atoms with Gasteiger partial charge in [0.05, 0.1) is 0 Å². The third-order valence-electron chi connectivity index (χ3n) is 3.01. The first kappa shape index (κ1) is 11.8. The van der Waals surface area contributed by atoms with Gasteiger partial charge in [-0.05, 0) is 43.5 Å². The van der Waals surface area contributed by atoms with Crippen molar-refractivity contribution in [3.8, 4) is 0 Å². The Morgan fingerprint density at radius 2 is 1.76 bits per heavy atom. The summed E-state index contributed by atoms with van der Waals surface area (Å²) in [7, 11) is 0. The number of aliphatic hydroxyl groups excluding tert-OH is 1. The fourth-order valence-electron chi connectivity index (χ4n) is 2.33. The predicted molar refractivity (Wildman–Crippen MR) is 69.0 cm³/mol. The lowest BCUT2D eigenvalue weighted by Crippen LogP contribution is -2.05. The van der Waals surface area contributed by atoms with E-state index < -0.39 is 6.10 Å². The summed E-state index contributed by atoms with van der Waals surface area (Å²) < 4.78 is 0. The highest BCUT2D eigenvalue weighted by Gasteiger charge is 2.15. The van der Waals surface area contributed by atoms with E-state index in [9.17, 15) is 5.11 Å². The Bertz CT molecular complexity index is 497. The van der Waals surface area contributed by atoms with Crippen molar-refractivity contribution in [2.45, 2.75) is 26.9 Å². The van der Waals surface area contributed by atoms with Gasteiger partial charge in [-0.3, -0.25) is 4.98 Å². The van der Waals surface area contributed by atoms with Crippen LogP contribution in [0.3, 0.4) is 0 Å². The molecule has 1 N–H and O–H groups in total. The van der Waals surface area contributed by atoms with E-state index in [1.165, 1.54) is 5.56 Å². The van der Waals surface area contributed by atoms with Crippen LogP contribution in [-0.4, -0.2) is 10.1 Å². The molecular formula is C15H17NO. The summed E-state index contributed by atoms with van der Waals surface area (Å²) in [6, 6.07) is 7.94. The van der Waals surface area contributed by atoms with E-state index in [1.54, 1.807) is 12.4 Å². The van der Waals surface area contributed by atoms with Gasteiger partial charge in [-0.2, -0.15) is 0 Å². The number of pyridine rings is 1. The smallest absolute Gasteiger partial charge is 0.106 e. The Labute approximate surface area is 102 Å². The van der Waals surface area contributed by atoms with Gasteiger partial charge >= 0.3 is 0 Å². The van der Waals surface area contributed by atoms with E-state index in [2.05, 4.69) is 24.0 Å². The normalized spacial score (nSPS) is 12.5. The minimum Gasteiger partial charge on any atom is -0.384 e. The molecule has 1 unspecified atom stereocenters. The van der Waals surface area contributed by atoms with Gasteiger partial charge in [-0.1, -0.05) is 23.8 Å². The van der Waals surface area contributed by atoms with Gasteiger partial charge in [0, 0.05) is 18.0 Å². The van der Waals surface area contributed by atoms with Crippen LogP contribution in [0.2, 0.25) is 0 Å². The van der Waals surface area contributed by atoms with E-state index >= 15 is 0 Å². The zero-order valence-electron chi connectivity index (χ0n) is 10.4. The average Bonchev–Trinajstić information content (AvgIpc) is 2.28. The molecule has 0 aliphatic carbocycles. The van der Waals surface area contributed by atoms with Crippen LogP contribution in [0.1, 0.15) is 33.9 Å². The summed E-state index contributed by atoms with van der Waals surface area (Å²) in [6.07, 6.45) is 2.83. The van der Waals surface area contributed by atoms with Gasteiger partial charge in [0.2, 0.25) is 0 Å². The molecule has 2 heteroatoms. The second-order valence-electron chi connectivity index (χ2n) is 4.50. The number of aryl methyl sites for hydroxylation is 3. The molecule has 1 aromatic heterocycles. The standard InChI is InChI=1S/C15H17NO/c1-10-7-11(2)14(12(3)8-10)15(17)13-5-4-6-16-9-13/h4-9,15,17H,1-3H3. The van der Waals surface area contributed by atoms with Crippen LogP contribution in [0.5, 0.6) is 0 Å². The number of hydrogen-bond acceptors (Lipinski definition) is 2. The Hall–Kier alpha value is -1.67. The molecule has 0 radical (unpaired) electrons. The summed E-state index contributed by atoms with van der Waals surface area (Å²) in [4.78, 5) is 4.05. The highest BCUT2D eigenvalue weighted by Crippen LogP contribution is 2.28. The molecule has 0 amide bonds. The van der Waals surface area contributed by atoms with Crippen LogP contribution in [0.15, 0.2) is 36.7 Å². The first-order valence-corrected chi connectivity index (χ1v) is 5.75. The van der Waals surface area contributed by atoms with Crippen molar-refractivity contribution in [2.75, 3.05) is 0 Å². The first-order chi connectivity index (χ1) is 8.09. The zero-order valence-corrected chi connectivity index (χ0v) is 10.4. The van der Waals surface area contributed by atoms with Gasteiger partial charge in [-0.15, -0.1) is 0 Å². The Morgan fingerprint density at radius 3 is 2.29 bits per heavy atom. The maximum atomic E-state index is 10.4. The largest absolute Gasteiger partial charge is 0.384 e. The minimum absolute atomic E-state index is 0.593. The number of hydrogen-bond donors (Lipinski definition) is 1. The SMILES string of the molecule is Cc1cc(C)c(C(O)c2cccnc2)c(C)c1. The van der Waals surface area contributed by atoms with Gasteiger partial charge < -0.3 is 5.11 Å². The second kappa shape index (κ2) is 4.68. The van der Waals surface area contributed by atoms with Gasteiger partial charge in [0.15, 0.2) is 0 Å². The molecule has 1 atom stereocenters. The molecule has 0 fully saturated rings. The maximum absolute atomic E-state index is 10.4. The molecule has 0 saturated carbocycles. The fraction of sp³-hybridized carbons (Fsp3) is 0.267. The maximum Gasteiger partial charge on any atom is 0.106 e. The van der Waals surface area contributed by atoms with Crippen molar-refractivity contribution in [3.05, 3.63) is 64.5 Å². The van der Waals surface area contributed by atoms with E-state index in [-0.39, 0.29) is 0 Å². The lowest BCUT2D eigenvalue weighted by atomic mass is 9.92. The van der Waals surface area contributed by atoms with Crippen LogP contribution in [-0.2, 0) is 0 Å². The molecule has 2 rings (SSSR count). The zero-order chi connectivity index (χ0) is 12.4. The summed E-state index contributed by atoms with van der Waals surface area (Å²) in [5, 5.41) is 10.4. The summed E-state index contributed by atoms with van der Waals surface area (Å²) >= 11 is 0. The first-order valence-electron chi connectivity index (χ1n) is 5.75. The molecule has 0 bridgehead atoms. The van der Waals surface area contributed by atoms with Crippen molar-refractivity contribution in [1.29, 1.82) is 0 Å². The average molecular weight is 227 g/mol. The van der Waals surface area contributed by atoms with Crippen LogP contribution in [0.4, 0.5) is 0 Å². The van der Waals surface area contributed by atoms with Gasteiger partial charge in [-0.25, -0.2) is 0 Å². The molecule has 0 spiro atoms. The molecule has 0 saturated heterocycles. The Balaban J connectivity index is 2.48. The lowest BCUT2D eigenvalue weighted by Gasteiger charge is -2.17. The number of aromatic nitrogens is 1. The molecule has 17 heavy (non-hydrogen) atoms. The lowest BCUT2D eigenvalue weighted by molar-refractivity contribution is 0.218. The van der Waals surface area contributed by atoms with Crippen LogP contribution in [0.25, 0.3) is 0 Å². The summed E-state index contributed by atoms with van der Waals surface area (Å²) in [5.74, 6) is 0. The van der Waals surface area contributed by atoms with E-state index in [0.717, 1.165) is 22.3 Å². The molecule has 1 aromatic carbocycles. The van der Waals surface area contributed by atoms with Gasteiger partial charge in [0.25, 0.3) is 0 Å². The summed E-state index contributed by atoms with van der Waals surface area (Å²) in [6.45, 7) is 6.14. The molecule has 0 aliphatic rings. The van der Waals surface area contributed by atoms with Crippen molar-refractivity contribution in [1.82, 2.24) is 4.98 Å². The van der Waals surface area contributed by atoms with Crippen LogP contribution >= 0.6 is 0 Å². The number of nitrogens with zero attached hydrogens (tertiary/aromatic N) is 1. The second-order valence-corrected chi connectivity index (χ2v) is 4.50. The number of rotatable bonds is 2.